The molecule has 0 aliphatic heterocycles. The van der Waals surface area contributed by atoms with E-state index in [0.717, 1.165) is 42.8 Å². The molecule has 144 valence electrons. The summed E-state index contributed by atoms with van der Waals surface area (Å²) in [5, 5.41) is 3.17. The topological polar surface area (TPSA) is 64.1 Å². The molecule has 0 radical (unpaired) electrons. The molecule has 6 heteroatoms. The second kappa shape index (κ2) is 9.74. The quantitative estimate of drug-likeness (QED) is 0.728. The third-order valence-corrected chi connectivity index (χ3v) is 5.63. The Hall–Kier alpha value is -2.08. The average molecular weight is 386 g/mol. The first-order chi connectivity index (χ1) is 13.1. The maximum Gasteiger partial charge on any atom is 0.317 e. The summed E-state index contributed by atoms with van der Waals surface area (Å²) in [6, 6.07) is 12.8. The smallest absolute Gasteiger partial charge is 0.317 e. The van der Waals surface area contributed by atoms with Gasteiger partial charge < -0.3 is 10.1 Å². The SMILES string of the molecule is Cc1cc(C)nc(OC2CCC(NC(=O)CCSc3ccccc3)CC2)n1. The van der Waals surface area contributed by atoms with Crippen molar-refractivity contribution in [1.82, 2.24) is 15.3 Å². The Balaban J connectivity index is 1.35. The third kappa shape index (κ3) is 6.54. The fraction of sp³-hybridized carbons (Fsp3) is 0.476. The van der Waals surface area contributed by atoms with Gasteiger partial charge in [-0.05, 0) is 57.7 Å². The zero-order valence-corrected chi connectivity index (χ0v) is 16.8. The molecule has 1 aromatic carbocycles. The van der Waals surface area contributed by atoms with Gasteiger partial charge in [-0.2, -0.15) is 0 Å². The van der Waals surface area contributed by atoms with E-state index in [0.29, 0.717) is 12.4 Å². The van der Waals surface area contributed by atoms with Gasteiger partial charge in [-0.1, -0.05) is 18.2 Å². The van der Waals surface area contributed by atoms with Crippen molar-refractivity contribution in [2.75, 3.05) is 5.75 Å². The Kier molecular flexibility index (Phi) is 7.10. The van der Waals surface area contributed by atoms with Crippen molar-refractivity contribution < 1.29 is 9.53 Å². The number of nitrogens with zero attached hydrogens (tertiary/aromatic N) is 2. The van der Waals surface area contributed by atoms with Gasteiger partial charge in [0.05, 0.1) is 0 Å². The van der Waals surface area contributed by atoms with Gasteiger partial charge in [-0.15, -0.1) is 11.8 Å². The average Bonchev–Trinajstić information content (AvgIpc) is 2.63. The zero-order chi connectivity index (χ0) is 19.1. The highest BCUT2D eigenvalue weighted by Crippen LogP contribution is 2.23. The molecule has 1 saturated carbocycles. The Morgan fingerprint density at radius 1 is 1.11 bits per heavy atom. The number of hydrogen-bond donors (Lipinski definition) is 1. The van der Waals surface area contributed by atoms with Crippen LogP contribution in [-0.2, 0) is 4.79 Å². The second-order valence-corrected chi connectivity index (χ2v) is 8.17. The van der Waals surface area contributed by atoms with Crippen molar-refractivity contribution in [2.24, 2.45) is 0 Å². The maximum atomic E-state index is 12.2. The summed E-state index contributed by atoms with van der Waals surface area (Å²) in [6.07, 6.45) is 4.39. The predicted molar refractivity (Wildman–Crippen MR) is 108 cm³/mol. The highest BCUT2D eigenvalue weighted by atomic mass is 32.2. The lowest BCUT2D eigenvalue weighted by Gasteiger charge is -2.29. The van der Waals surface area contributed by atoms with Crippen LogP contribution in [0.15, 0.2) is 41.3 Å². The Morgan fingerprint density at radius 3 is 2.44 bits per heavy atom. The van der Waals surface area contributed by atoms with E-state index in [2.05, 4.69) is 27.4 Å². The molecule has 5 nitrogen and oxygen atoms in total. The minimum atomic E-state index is 0.132. The van der Waals surface area contributed by atoms with E-state index in [1.165, 1.54) is 4.90 Å². The number of thioether (sulfide) groups is 1. The molecule has 0 saturated heterocycles. The molecular weight excluding hydrogens is 358 g/mol. The van der Waals surface area contributed by atoms with Crippen molar-refractivity contribution in [1.29, 1.82) is 0 Å². The fourth-order valence-corrected chi connectivity index (χ4v) is 4.17. The maximum absolute atomic E-state index is 12.2. The molecule has 1 aliphatic rings. The van der Waals surface area contributed by atoms with Gasteiger partial charge in [0.2, 0.25) is 5.91 Å². The van der Waals surface area contributed by atoms with Gasteiger partial charge in [0.25, 0.3) is 0 Å². The van der Waals surface area contributed by atoms with Gasteiger partial charge in [-0.25, -0.2) is 9.97 Å². The molecule has 0 bridgehead atoms. The van der Waals surface area contributed by atoms with Crippen LogP contribution in [0.2, 0.25) is 0 Å². The Morgan fingerprint density at radius 2 is 1.78 bits per heavy atom. The molecule has 1 heterocycles. The monoisotopic (exact) mass is 385 g/mol. The molecule has 1 N–H and O–H groups in total. The standard InChI is InChI=1S/C21H27N3O2S/c1-15-14-16(2)23-21(22-15)26-18-10-8-17(9-11-18)24-20(25)12-13-27-19-6-4-3-5-7-19/h3-7,14,17-18H,8-13H2,1-2H3,(H,24,25). The molecule has 2 aromatic rings. The van der Waals surface area contributed by atoms with Crippen LogP contribution in [0.1, 0.15) is 43.5 Å². The van der Waals surface area contributed by atoms with E-state index in [9.17, 15) is 4.79 Å². The largest absolute Gasteiger partial charge is 0.460 e. The number of rotatable bonds is 7. The lowest BCUT2D eigenvalue weighted by Crippen LogP contribution is -2.39. The molecule has 0 unspecified atom stereocenters. The molecule has 1 aliphatic carbocycles. The summed E-state index contributed by atoms with van der Waals surface area (Å²) < 4.78 is 5.95. The summed E-state index contributed by atoms with van der Waals surface area (Å²) in [6.45, 7) is 3.90. The molecular formula is C21H27N3O2S. The van der Waals surface area contributed by atoms with Gasteiger partial charge >= 0.3 is 6.01 Å². The van der Waals surface area contributed by atoms with E-state index in [4.69, 9.17) is 4.74 Å². The first kappa shape index (κ1) is 19.7. The lowest BCUT2D eigenvalue weighted by molar-refractivity contribution is -0.121. The van der Waals surface area contributed by atoms with E-state index >= 15 is 0 Å². The lowest BCUT2D eigenvalue weighted by atomic mass is 9.93. The van der Waals surface area contributed by atoms with Crippen LogP contribution in [0.5, 0.6) is 6.01 Å². The van der Waals surface area contributed by atoms with Gasteiger partial charge in [0.1, 0.15) is 6.10 Å². The van der Waals surface area contributed by atoms with Crippen LogP contribution in [0.4, 0.5) is 0 Å². The number of ether oxygens (including phenoxy) is 1. The van der Waals surface area contributed by atoms with Crippen molar-refractivity contribution in [2.45, 2.75) is 63.0 Å². The van der Waals surface area contributed by atoms with Crippen LogP contribution >= 0.6 is 11.8 Å². The molecule has 27 heavy (non-hydrogen) atoms. The minimum absolute atomic E-state index is 0.132. The molecule has 1 fully saturated rings. The van der Waals surface area contributed by atoms with Crippen LogP contribution in [-0.4, -0.2) is 33.8 Å². The van der Waals surface area contributed by atoms with Gasteiger partial charge in [0.15, 0.2) is 0 Å². The highest BCUT2D eigenvalue weighted by Gasteiger charge is 2.24. The third-order valence-electron chi connectivity index (χ3n) is 4.61. The molecule has 3 rings (SSSR count). The van der Waals surface area contributed by atoms with Crippen LogP contribution in [0, 0.1) is 13.8 Å². The van der Waals surface area contributed by atoms with Crippen molar-refractivity contribution in [3.05, 3.63) is 47.8 Å². The fourth-order valence-electron chi connectivity index (χ4n) is 3.30. The highest BCUT2D eigenvalue weighted by molar-refractivity contribution is 7.99. The zero-order valence-electron chi connectivity index (χ0n) is 16.0. The normalized spacial score (nSPS) is 19.5. The first-order valence-corrected chi connectivity index (χ1v) is 10.5. The first-order valence-electron chi connectivity index (χ1n) is 9.54. The summed E-state index contributed by atoms with van der Waals surface area (Å²) in [5.41, 5.74) is 1.85. The number of benzene rings is 1. The van der Waals surface area contributed by atoms with Crippen molar-refractivity contribution >= 4 is 17.7 Å². The second-order valence-electron chi connectivity index (χ2n) is 7.00. The van der Waals surface area contributed by atoms with E-state index < -0.39 is 0 Å². The number of aryl methyl sites for hydroxylation is 2. The number of nitrogens with one attached hydrogen (secondary N) is 1. The Bertz CT molecular complexity index is 726. The Labute approximate surface area is 165 Å². The summed E-state index contributed by atoms with van der Waals surface area (Å²) >= 11 is 1.72. The molecule has 0 spiro atoms. The van der Waals surface area contributed by atoms with E-state index in [1.54, 1.807) is 11.8 Å². The molecule has 0 atom stereocenters. The van der Waals surface area contributed by atoms with Crippen molar-refractivity contribution in [3.63, 3.8) is 0 Å². The molecule has 1 aromatic heterocycles. The summed E-state index contributed by atoms with van der Waals surface area (Å²) in [4.78, 5) is 22.1. The van der Waals surface area contributed by atoms with Crippen molar-refractivity contribution in [3.8, 4) is 6.01 Å². The number of amides is 1. The van der Waals surface area contributed by atoms with Crippen LogP contribution < -0.4 is 10.1 Å². The number of carbonyl (C=O) groups is 1. The number of aromatic nitrogens is 2. The number of carbonyl (C=O) groups excluding carboxylic acids is 1. The van der Waals surface area contributed by atoms with E-state index in [1.807, 2.05) is 38.1 Å². The van der Waals surface area contributed by atoms with Crippen LogP contribution in [0.25, 0.3) is 0 Å². The van der Waals surface area contributed by atoms with Crippen LogP contribution in [0.3, 0.4) is 0 Å². The minimum Gasteiger partial charge on any atom is -0.460 e. The molecule has 1 amide bonds. The summed E-state index contributed by atoms with van der Waals surface area (Å²) in [5.74, 6) is 0.943. The summed E-state index contributed by atoms with van der Waals surface area (Å²) in [7, 11) is 0. The van der Waals surface area contributed by atoms with E-state index in [-0.39, 0.29) is 18.1 Å². The number of hydrogen-bond acceptors (Lipinski definition) is 5. The van der Waals surface area contributed by atoms with Gasteiger partial charge in [-0.3, -0.25) is 4.79 Å². The predicted octanol–water partition coefficient (Wildman–Crippen LogP) is 4.08. The van der Waals surface area contributed by atoms with Gasteiger partial charge in [0, 0.05) is 34.5 Å².